The summed E-state index contributed by atoms with van der Waals surface area (Å²) >= 11 is 0. The van der Waals surface area contributed by atoms with Gasteiger partial charge in [0.05, 0.1) is 6.54 Å². The molecule has 0 fully saturated rings. The van der Waals surface area contributed by atoms with E-state index in [1.807, 2.05) is 61.6 Å². The van der Waals surface area contributed by atoms with Gasteiger partial charge in [0.2, 0.25) is 0 Å². The van der Waals surface area contributed by atoms with Crippen LogP contribution in [0.4, 0.5) is 4.79 Å². The van der Waals surface area contributed by atoms with E-state index < -0.39 is 6.09 Å². The predicted octanol–water partition coefficient (Wildman–Crippen LogP) is 2.68. The smallest absolute Gasteiger partial charge is 0.408 e. The maximum Gasteiger partial charge on any atom is 0.408 e. The van der Waals surface area contributed by atoms with Crippen molar-refractivity contribution in [2.24, 2.45) is 0 Å². The predicted molar refractivity (Wildman–Crippen MR) is 90.7 cm³/mol. The molecule has 0 bridgehead atoms. The van der Waals surface area contributed by atoms with Gasteiger partial charge in [0.1, 0.15) is 6.61 Å². The Bertz CT molecular complexity index is 687. The molecule has 4 nitrogen and oxygen atoms in total. The molecule has 1 amide bonds. The van der Waals surface area contributed by atoms with Crippen molar-refractivity contribution in [2.75, 3.05) is 13.6 Å². The van der Waals surface area contributed by atoms with Crippen LogP contribution in [-0.4, -0.2) is 19.7 Å². The monoisotopic (exact) mass is 308 g/mol. The molecule has 0 aliphatic rings. The summed E-state index contributed by atoms with van der Waals surface area (Å²) in [7, 11) is 1.91. The topological polar surface area (TPSA) is 50.4 Å². The molecule has 118 valence electrons. The normalized spacial score (nSPS) is 9.61. The third-order valence-electron chi connectivity index (χ3n) is 3.07. The molecular formula is C19H20N2O2. The lowest BCUT2D eigenvalue weighted by Crippen LogP contribution is -2.24. The minimum Gasteiger partial charge on any atom is -0.445 e. The number of nitrogens with one attached hydrogen (secondary N) is 2. The molecule has 2 aromatic rings. The van der Waals surface area contributed by atoms with Crippen LogP contribution < -0.4 is 10.6 Å². The van der Waals surface area contributed by atoms with Crippen LogP contribution in [0.5, 0.6) is 0 Å². The maximum atomic E-state index is 11.6. The molecule has 2 rings (SSSR count). The van der Waals surface area contributed by atoms with Crippen molar-refractivity contribution in [1.29, 1.82) is 0 Å². The van der Waals surface area contributed by atoms with Gasteiger partial charge in [0, 0.05) is 12.1 Å². The third-order valence-corrected chi connectivity index (χ3v) is 3.07. The second kappa shape index (κ2) is 9.29. The van der Waals surface area contributed by atoms with E-state index in [1.165, 1.54) is 5.56 Å². The van der Waals surface area contributed by atoms with Crippen molar-refractivity contribution in [3.8, 4) is 11.8 Å². The zero-order valence-electron chi connectivity index (χ0n) is 13.1. The largest absolute Gasteiger partial charge is 0.445 e. The fraction of sp³-hybridized carbons (Fsp3) is 0.211. The van der Waals surface area contributed by atoms with Crippen LogP contribution in [0.25, 0.3) is 0 Å². The van der Waals surface area contributed by atoms with E-state index in [2.05, 4.69) is 22.5 Å². The second-order valence-electron chi connectivity index (χ2n) is 4.95. The second-order valence-corrected chi connectivity index (χ2v) is 4.95. The van der Waals surface area contributed by atoms with Crippen LogP contribution in [0.15, 0.2) is 54.6 Å². The van der Waals surface area contributed by atoms with Crippen molar-refractivity contribution in [1.82, 2.24) is 10.6 Å². The molecule has 0 aliphatic heterocycles. The van der Waals surface area contributed by atoms with Crippen LogP contribution in [0.2, 0.25) is 0 Å². The summed E-state index contributed by atoms with van der Waals surface area (Å²) < 4.78 is 5.11. The Morgan fingerprint density at radius 2 is 1.87 bits per heavy atom. The van der Waals surface area contributed by atoms with Crippen molar-refractivity contribution in [3.05, 3.63) is 71.3 Å². The van der Waals surface area contributed by atoms with E-state index in [4.69, 9.17) is 4.74 Å². The zero-order chi connectivity index (χ0) is 16.3. The number of hydrogen-bond donors (Lipinski definition) is 2. The van der Waals surface area contributed by atoms with E-state index in [-0.39, 0.29) is 13.2 Å². The minimum absolute atomic E-state index is 0.254. The summed E-state index contributed by atoms with van der Waals surface area (Å²) in [5, 5.41) is 5.72. The van der Waals surface area contributed by atoms with Gasteiger partial charge in [-0.05, 0) is 30.3 Å². The summed E-state index contributed by atoms with van der Waals surface area (Å²) in [5.41, 5.74) is 3.06. The van der Waals surface area contributed by atoms with Gasteiger partial charge in [-0.3, -0.25) is 0 Å². The molecule has 23 heavy (non-hydrogen) atoms. The number of alkyl carbamates (subject to hydrolysis) is 1. The highest BCUT2D eigenvalue weighted by Gasteiger charge is 2.00. The van der Waals surface area contributed by atoms with Crippen molar-refractivity contribution < 1.29 is 9.53 Å². The molecule has 0 saturated carbocycles. The Kier molecular flexibility index (Phi) is 6.70. The Hall–Kier alpha value is -2.77. The fourth-order valence-electron chi connectivity index (χ4n) is 2.00. The van der Waals surface area contributed by atoms with Gasteiger partial charge in [-0.2, -0.15) is 0 Å². The van der Waals surface area contributed by atoms with Gasteiger partial charge in [-0.15, -0.1) is 0 Å². The fourth-order valence-corrected chi connectivity index (χ4v) is 2.00. The Labute approximate surface area is 136 Å². The first-order chi connectivity index (χ1) is 11.3. The maximum absolute atomic E-state index is 11.6. The van der Waals surface area contributed by atoms with Gasteiger partial charge in [0.25, 0.3) is 0 Å². The van der Waals surface area contributed by atoms with Crippen LogP contribution in [0.1, 0.15) is 16.7 Å². The SMILES string of the molecule is CNCc1cccc(C#CCNC(=O)OCc2ccccc2)c1. The molecule has 0 radical (unpaired) electrons. The molecule has 0 aliphatic carbocycles. The molecule has 0 heterocycles. The number of carbonyl (C=O) groups is 1. The first kappa shape index (κ1) is 16.6. The average Bonchev–Trinajstić information content (AvgIpc) is 2.58. The number of amides is 1. The standard InChI is InChI=1S/C19H20N2O2/c1-20-14-18-10-5-9-16(13-18)11-6-12-21-19(22)23-15-17-7-3-2-4-8-17/h2-5,7-10,13,20H,12,14-15H2,1H3,(H,21,22). The molecule has 0 unspecified atom stereocenters. The number of hydrogen-bond acceptors (Lipinski definition) is 3. The number of ether oxygens (including phenoxy) is 1. The van der Waals surface area contributed by atoms with E-state index in [1.54, 1.807) is 0 Å². The van der Waals surface area contributed by atoms with Gasteiger partial charge in [-0.25, -0.2) is 4.79 Å². The Balaban J connectivity index is 1.74. The van der Waals surface area contributed by atoms with Gasteiger partial charge < -0.3 is 15.4 Å². The first-order valence-corrected chi connectivity index (χ1v) is 7.45. The molecule has 2 N–H and O–H groups in total. The zero-order valence-corrected chi connectivity index (χ0v) is 13.1. The molecule has 0 atom stereocenters. The molecule has 0 spiro atoms. The molecule has 0 saturated heterocycles. The first-order valence-electron chi connectivity index (χ1n) is 7.45. The molecule has 0 aromatic heterocycles. The third kappa shape index (κ3) is 6.25. The lowest BCUT2D eigenvalue weighted by molar-refractivity contribution is 0.141. The summed E-state index contributed by atoms with van der Waals surface area (Å²) in [6, 6.07) is 17.5. The molecular weight excluding hydrogens is 288 g/mol. The van der Waals surface area contributed by atoms with Crippen LogP contribution in [0, 0.1) is 11.8 Å². The number of benzene rings is 2. The van der Waals surface area contributed by atoms with E-state index in [9.17, 15) is 4.79 Å². The number of carbonyl (C=O) groups excluding carboxylic acids is 1. The highest BCUT2D eigenvalue weighted by atomic mass is 16.5. The van der Waals surface area contributed by atoms with E-state index in [0.29, 0.717) is 0 Å². The van der Waals surface area contributed by atoms with E-state index >= 15 is 0 Å². The quantitative estimate of drug-likeness (QED) is 0.835. The van der Waals surface area contributed by atoms with E-state index in [0.717, 1.165) is 17.7 Å². The van der Waals surface area contributed by atoms with Crippen molar-refractivity contribution >= 4 is 6.09 Å². The summed E-state index contributed by atoms with van der Waals surface area (Å²) in [6.45, 7) is 1.32. The molecule has 4 heteroatoms. The summed E-state index contributed by atoms with van der Waals surface area (Å²) in [6.07, 6.45) is -0.466. The average molecular weight is 308 g/mol. The van der Waals surface area contributed by atoms with Crippen molar-refractivity contribution in [3.63, 3.8) is 0 Å². The van der Waals surface area contributed by atoms with Gasteiger partial charge >= 0.3 is 6.09 Å². The van der Waals surface area contributed by atoms with Crippen LogP contribution in [-0.2, 0) is 17.9 Å². The summed E-state index contributed by atoms with van der Waals surface area (Å²) in [4.78, 5) is 11.6. The van der Waals surface area contributed by atoms with Gasteiger partial charge in [0.15, 0.2) is 0 Å². The highest BCUT2D eigenvalue weighted by Crippen LogP contribution is 2.03. The summed E-state index contributed by atoms with van der Waals surface area (Å²) in [5.74, 6) is 5.94. The van der Waals surface area contributed by atoms with Crippen LogP contribution in [0.3, 0.4) is 0 Å². The molecule has 2 aromatic carbocycles. The Morgan fingerprint density at radius 1 is 1.09 bits per heavy atom. The minimum atomic E-state index is -0.466. The van der Waals surface area contributed by atoms with Crippen LogP contribution >= 0.6 is 0 Å². The van der Waals surface area contributed by atoms with Gasteiger partial charge in [-0.1, -0.05) is 54.3 Å². The highest BCUT2D eigenvalue weighted by molar-refractivity contribution is 5.67. The Morgan fingerprint density at radius 3 is 2.65 bits per heavy atom. The number of rotatable bonds is 5. The van der Waals surface area contributed by atoms with Crippen molar-refractivity contribution in [2.45, 2.75) is 13.2 Å². The lowest BCUT2D eigenvalue weighted by atomic mass is 10.1. The lowest BCUT2D eigenvalue weighted by Gasteiger charge is -2.04.